The van der Waals surface area contributed by atoms with E-state index < -0.39 is 19.1 Å². The summed E-state index contributed by atoms with van der Waals surface area (Å²) >= 11 is 6.09. The van der Waals surface area contributed by atoms with Crippen molar-refractivity contribution in [1.82, 2.24) is 9.97 Å². The van der Waals surface area contributed by atoms with E-state index in [0.717, 1.165) is 55.3 Å². The van der Waals surface area contributed by atoms with Crippen LogP contribution in [0.5, 0.6) is 0 Å². The number of hydrogen-bond donors (Lipinski definition) is 3. The van der Waals surface area contributed by atoms with E-state index in [1.54, 1.807) is 6.20 Å². The van der Waals surface area contributed by atoms with Crippen molar-refractivity contribution >= 4 is 47.9 Å². The molecule has 1 saturated heterocycles. The van der Waals surface area contributed by atoms with Gasteiger partial charge in [-0.3, -0.25) is 4.89 Å². The van der Waals surface area contributed by atoms with Gasteiger partial charge in [0.2, 0.25) is 0 Å². The van der Waals surface area contributed by atoms with Crippen LogP contribution >= 0.6 is 19.1 Å². The monoisotopic (exact) mass is 533 g/mol. The second kappa shape index (κ2) is 10.3. The number of fused-ring (bicyclic) bond motifs is 1. The first kappa shape index (κ1) is 24.9. The predicted octanol–water partition coefficient (Wildman–Crippen LogP) is 5.35. The molecule has 0 bridgehead atoms. The number of benzene rings is 2. The molecule has 36 heavy (non-hydrogen) atoms. The molecular formula is C25H29ClF2N6OP+. The lowest BCUT2D eigenvalue weighted by molar-refractivity contribution is 0.580. The number of hydrogen-bond acceptors (Lipinski definition) is 7. The third kappa shape index (κ3) is 5.48. The van der Waals surface area contributed by atoms with E-state index in [-0.39, 0.29) is 17.1 Å². The molecule has 5 rings (SSSR count). The number of anilines is 5. The van der Waals surface area contributed by atoms with Crippen LogP contribution < -0.4 is 20.4 Å². The van der Waals surface area contributed by atoms with Crippen molar-refractivity contribution in [3.05, 3.63) is 64.8 Å². The van der Waals surface area contributed by atoms with Gasteiger partial charge >= 0.3 is 0 Å². The number of nitrogens with zero attached hydrogens (tertiary/aromatic N) is 4. The smallest absolute Gasteiger partial charge is 0.174 e. The predicted molar refractivity (Wildman–Crippen MR) is 144 cm³/mol. The number of halogens is 3. The largest absolute Gasteiger partial charge is 0.367 e. The molecule has 0 spiro atoms. The Morgan fingerprint density at radius 2 is 1.81 bits per heavy atom. The third-order valence-corrected chi connectivity index (χ3v) is 9.38. The van der Waals surface area contributed by atoms with E-state index in [9.17, 15) is 13.7 Å². The normalized spacial score (nSPS) is 17.2. The lowest BCUT2D eigenvalue weighted by atomic mass is 10.2. The molecule has 3 heterocycles. The molecule has 0 amide bonds. The Morgan fingerprint density at radius 1 is 1.08 bits per heavy atom. The summed E-state index contributed by atoms with van der Waals surface area (Å²) in [7, 11) is -1.72. The van der Waals surface area contributed by atoms with Crippen molar-refractivity contribution in [1.29, 1.82) is 0 Å². The molecule has 1 aromatic heterocycles. The molecule has 0 atom stereocenters. The van der Waals surface area contributed by atoms with Crippen molar-refractivity contribution < 1.29 is 13.7 Å². The Kier molecular flexibility index (Phi) is 7.15. The molecule has 0 aliphatic carbocycles. The van der Waals surface area contributed by atoms with Crippen molar-refractivity contribution in [2.24, 2.45) is 0 Å². The summed E-state index contributed by atoms with van der Waals surface area (Å²) < 4.78 is 28.5. The summed E-state index contributed by atoms with van der Waals surface area (Å²) in [6.45, 7) is 5.09. The highest BCUT2D eigenvalue weighted by atomic mass is 35.5. The van der Waals surface area contributed by atoms with Crippen LogP contribution in [0.15, 0.2) is 42.6 Å². The van der Waals surface area contributed by atoms with Gasteiger partial charge in [-0.1, -0.05) is 11.6 Å². The van der Waals surface area contributed by atoms with E-state index in [4.69, 9.17) is 16.6 Å². The van der Waals surface area contributed by atoms with E-state index in [2.05, 4.69) is 32.7 Å². The highest BCUT2D eigenvalue weighted by Crippen LogP contribution is 2.52. The van der Waals surface area contributed by atoms with Gasteiger partial charge in [-0.05, 0) is 42.8 Å². The maximum Gasteiger partial charge on any atom is 0.174 e. The minimum Gasteiger partial charge on any atom is -0.367 e. The minimum atomic E-state index is -1.72. The molecule has 0 saturated carbocycles. The van der Waals surface area contributed by atoms with Gasteiger partial charge in [0, 0.05) is 36.6 Å². The fraction of sp³-hybridized carbons (Fsp3) is 0.360. The first-order chi connectivity index (χ1) is 17.3. The van der Waals surface area contributed by atoms with Crippen LogP contribution in [0.3, 0.4) is 0 Å². The second-order valence-electron chi connectivity index (χ2n) is 9.40. The first-order valence-corrected chi connectivity index (χ1v) is 14.9. The van der Waals surface area contributed by atoms with E-state index >= 15 is 0 Å². The van der Waals surface area contributed by atoms with Gasteiger partial charge in [0.05, 0.1) is 31.0 Å². The van der Waals surface area contributed by atoms with E-state index in [1.807, 2.05) is 23.7 Å². The summed E-state index contributed by atoms with van der Waals surface area (Å²) in [6, 6.07) is 10.2. The lowest BCUT2D eigenvalue weighted by Gasteiger charge is -2.32. The average Bonchev–Trinajstić information content (AvgIpc) is 3.06. The molecule has 2 aromatic carbocycles. The molecule has 0 radical (unpaired) electrons. The molecule has 3 N–H and O–H groups in total. The summed E-state index contributed by atoms with van der Waals surface area (Å²) in [6.07, 6.45) is 4.14. The van der Waals surface area contributed by atoms with Gasteiger partial charge in [-0.25, -0.2) is 18.7 Å². The van der Waals surface area contributed by atoms with Crippen LogP contribution in [0, 0.1) is 11.6 Å². The number of rotatable bonds is 5. The van der Waals surface area contributed by atoms with Gasteiger partial charge < -0.3 is 20.4 Å². The maximum atomic E-state index is 14.5. The van der Waals surface area contributed by atoms with Crippen molar-refractivity contribution in [3.63, 3.8) is 0 Å². The highest BCUT2D eigenvalue weighted by Gasteiger charge is 2.34. The quantitative estimate of drug-likeness (QED) is 0.301. The van der Waals surface area contributed by atoms with Gasteiger partial charge in [0.1, 0.15) is 31.4 Å². The average molecular weight is 534 g/mol. The van der Waals surface area contributed by atoms with Gasteiger partial charge in [0.15, 0.2) is 17.5 Å². The molecule has 2 aliphatic rings. The number of aromatic nitrogens is 2. The summed E-state index contributed by atoms with van der Waals surface area (Å²) in [5.74, 6) is 0.479. The molecule has 11 heteroatoms. The minimum absolute atomic E-state index is 0.0783. The van der Waals surface area contributed by atoms with Crippen molar-refractivity contribution in [2.45, 2.75) is 13.0 Å². The molecule has 2 aliphatic heterocycles. The van der Waals surface area contributed by atoms with Crippen molar-refractivity contribution in [3.8, 4) is 0 Å². The Hall–Kier alpha value is -2.74. The van der Waals surface area contributed by atoms with Crippen LogP contribution in [0.2, 0.25) is 5.02 Å². The standard InChI is InChI=1S/C25H29ClF2N6OP/c1-36(35)13-11-33(12-14-36)18-5-3-17(4-6-18)31-22-15-30-24-25(32-22)34(10-2-9-29-24)16-19-20(27)7-8-21(28)23(19)26/h3-8,15,35H,2,9-14,16H2,1H3,(H,29,30)(H,31,32)/q+1. The van der Waals surface area contributed by atoms with Crippen LogP contribution in [-0.4, -0.2) is 60.0 Å². The van der Waals surface area contributed by atoms with Crippen molar-refractivity contribution in [2.75, 3.05) is 65.6 Å². The van der Waals surface area contributed by atoms with E-state index in [0.29, 0.717) is 30.5 Å². The zero-order chi connectivity index (χ0) is 25.3. The Labute approximate surface area is 214 Å². The lowest BCUT2D eigenvalue weighted by Crippen LogP contribution is -2.36. The van der Waals surface area contributed by atoms with Crippen LogP contribution in [-0.2, 0) is 6.54 Å². The fourth-order valence-corrected chi connectivity index (χ4v) is 6.26. The molecular weight excluding hydrogens is 505 g/mol. The van der Waals surface area contributed by atoms with Gasteiger partial charge in [-0.15, -0.1) is 0 Å². The molecule has 1 fully saturated rings. The Bertz CT molecular complexity index is 1240. The SMILES string of the molecule is C[P+]1(O)CCN(c2ccc(Nc3cnc4c(n3)N(Cc3c(F)ccc(F)c3Cl)CCCN4)cc2)CC1. The van der Waals surface area contributed by atoms with Gasteiger partial charge in [0.25, 0.3) is 0 Å². The number of nitrogens with one attached hydrogen (secondary N) is 2. The molecule has 3 aromatic rings. The summed E-state index contributed by atoms with van der Waals surface area (Å²) in [4.78, 5) is 23.7. The van der Waals surface area contributed by atoms with Crippen LogP contribution in [0.25, 0.3) is 0 Å². The molecule has 0 unspecified atom stereocenters. The third-order valence-electron chi connectivity index (χ3n) is 6.65. The summed E-state index contributed by atoms with van der Waals surface area (Å²) in [5.41, 5.74) is 2.08. The second-order valence-corrected chi connectivity index (χ2v) is 13.3. The Morgan fingerprint density at radius 3 is 2.56 bits per heavy atom. The topological polar surface area (TPSA) is 76.5 Å². The van der Waals surface area contributed by atoms with Gasteiger partial charge in [-0.2, -0.15) is 0 Å². The molecule has 7 nitrogen and oxygen atoms in total. The Balaban J connectivity index is 1.34. The zero-order valence-electron chi connectivity index (χ0n) is 20.0. The highest BCUT2D eigenvalue weighted by molar-refractivity contribution is 7.69. The fourth-order valence-electron chi connectivity index (χ4n) is 4.48. The maximum absolute atomic E-state index is 14.5. The zero-order valence-corrected chi connectivity index (χ0v) is 21.7. The first-order valence-electron chi connectivity index (χ1n) is 12.0. The van der Waals surface area contributed by atoms with E-state index in [1.165, 1.54) is 0 Å². The molecule has 190 valence electrons. The van der Waals surface area contributed by atoms with Crippen LogP contribution in [0.1, 0.15) is 12.0 Å². The summed E-state index contributed by atoms with van der Waals surface area (Å²) in [5, 5.41) is 6.34. The van der Waals surface area contributed by atoms with Crippen LogP contribution in [0.4, 0.5) is 37.6 Å².